The topological polar surface area (TPSA) is 115 Å². The van der Waals surface area contributed by atoms with Crippen LogP contribution in [0.25, 0.3) is 0 Å². The Hall–Kier alpha value is -3.82. The highest BCUT2D eigenvalue weighted by atomic mass is 32.1. The lowest BCUT2D eigenvalue weighted by atomic mass is 9.82. The number of thiocarbonyl (C=S) groups is 1. The van der Waals surface area contributed by atoms with E-state index >= 15 is 0 Å². The Morgan fingerprint density at radius 1 is 1.02 bits per heavy atom. The van der Waals surface area contributed by atoms with Crippen LogP contribution in [0.5, 0.6) is 0 Å². The summed E-state index contributed by atoms with van der Waals surface area (Å²) in [4.78, 5) is 32.4. The lowest BCUT2D eigenvalue weighted by molar-refractivity contribution is -0.197. The monoisotopic (exact) mass is 821 g/mol. The van der Waals surface area contributed by atoms with E-state index in [0.29, 0.717) is 56.9 Å². The molecule has 17 heteroatoms. The van der Waals surface area contributed by atoms with Crippen LogP contribution in [0.1, 0.15) is 87.8 Å². The largest absolute Gasteiger partial charge is 0.417 e. The van der Waals surface area contributed by atoms with Crippen LogP contribution >= 0.6 is 12.2 Å². The lowest BCUT2D eigenvalue weighted by Gasteiger charge is -2.42. The van der Waals surface area contributed by atoms with Crippen molar-refractivity contribution >= 4 is 40.5 Å². The van der Waals surface area contributed by atoms with Gasteiger partial charge in [-0.05, 0) is 132 Å². The van der Waals surface area contributed by atoms with E-state index in [0.717, 1.165) is 48.3 Å². The average molecular weight is 822 g/mol. The molecule has 1 saturated carbocycles. The molecule has 3 aliphatic heterocycles. The Labute approximate surface area is 334 Å². The van der Waals surface area contributed by atoms with Gasteiger partial charge in [0.25, 0.3) is 5.91 Å². The Balaban J connectivity index is 0.966. The van der Waals surface area contributed by atoms with Crippen molar-refractivity contribution in [1.29, 1.82) is 5.26 Å². The van der Waals surface area contributed by atoms with Gasteiger partial charge in [0.15, 0.2) is 5.11 Å². The van der Waals surface area contributed by atoms with Gasteiger partial charge in [0.2, 0.25) is 5.91 Å². The zero-order valence-electron chi connectivity index (χ0n) is 32.0. The third-order valence-corrected chi connectivity index (χ3v) is 12.4. The Bertz CT molecular complexity index is 1820. The minimum Gasteiger partial charge on any atom is -0.379 e. The highest BCUT2D eigenvalue weighted by Gasteiger charge is 2.53. The minimum atomic E-state index is -4.79. The molecule has 4 fully saturated rings. The van der Waals surface area contributed by atoms with Crippen molar-refractivity contribution in [2.45, 2.75) is 107 Å². The number of hydrogen-bond acceptors (Lipinski definition) is 8. The molecule has 2 amide bonds. The van der Waals surface area contributed by atoms with E-state index < -0.39 is 53.1 Å². The average Bonchev–Trinajstić information content (AvgIpc) is 3.34. The number of carbonyl (C=O) groups is 2. The number of piperidine rings is 1. The number of amides is 2. The molecule has 310 valence electrons. The first kappa shape index (κ1) is 42.8. The molecular formula is C40H49F6N7O3S. The third kappa shape index (κ3) is 9.73. The van der Waals surface area contributed by atoms with Crippen molar-refractivity contribution in [2.24, 2.45) is 5.92 Å². The van der Waals surface area contributed by atoms with Crippen molar-refractivity contribution in [3.05, 3.63) is 59.2 Å². The summed E-state index contributed by atoms with van der Waals surface area (Å²) >= 11 is 5.71. The second kappa shape index (κ2) is 17.2. The molecule has 0 aromatic heterocycles. The number of aliphatic hydroxyl groups excluding tert-OH is 1. The van der Waals surface area contributed by atoms with Gasteiger partial charge in [0, 0.05) is 37.9 Å². The number of hydrogen-bond donors (Lipinski definition) is 3. The van der Waals surface area contributed by atoms with Gasteiger partial charge in [-0.1, -0.05) is 12.1 Å². The predicted molar refractivity (Wildman–Crippen MR) is 206 cm³/mol. The molecule has 2 aromatic carbocycles. The van der Waals surface area contributed by atoms with Gasteiger partial charge in [-0.15, -0.1) is 0 Å². The SMILES string of the molecule is CC1(C)C(=O)N(c2ccc(C#N)c(C(F)(F)F)c2)C(=S)N1[C@H]1CC[C@H](CCCN2CCN(CC(=O)Nc3ccc(C4CCC(O)NC4)cc3)[C@@H](C(F)(F)F)C2)CC1. The molecule has 10 nitrogen and oxygen atoms in total. The normalized spacial score (nSPS) is 26.4. The molecule has 1 aliphatic carbocycles. The lowest BCUT2D eigenvalue weighted by Crippen LogP contribution is -2.60. The van der Waals surface area contributed by atoms with Crippen LogP contribution in [0.2, 0.25) is 0 Å². The first-order valence-corrected chi connectivity index (χ1v) is 19.9. The first-order valence-electron chi connectivity index (χ1n) is 19.5. The van der Waals surface area contributed by atoms with Gasteiger partial charge in [-0.25, -0.2) is 0 Å². The number of nitrogens with zero attached hydrogens (tertiary/aromatic N) is 5. The maximum Gasteiger partial charge on any atom is 0.417 e. The molecule has 3 atom stereocenters. The number of rotatable bonds is 10. The van der Waals surface area contributed by atoms with Crippen LogP contribution in [-0.4, -0.2) is 106 Å². The highest BCUT2D eigenvalue weighted by molar-refractivity contribution is 7.80. The van der Waals surface area contributed by atoms with Crippen LogP contribution in [0.3, 0.4) is 0 Å². The van der Waals surface area contributed by atoms with E-state index in [-0.39, 0.29) is 42.4 Å². The van der Waals surface area contributed by atoms with E-state index in [1.54, 1.807) is 32.0 Å². The summed E-state index contributed by atoms with van der Waals surface area (Å²) in [6.45, 7) is 4.43. The number of nitrogens with one attached hydrogen (secondary N) is 2. The third-order valence-electron chi connectivity index (χ3n) is 12.0. The Morgan fingerprint density at radius 3 is 2.33 bits per heavy atom. The highest BCUT2D eigenvalue weighted by Crippen LogP contribution is 2.42. The van der Waals surface area contributed by atoms with E-state index in [1.165, 1.54) is 11.0 Å². The van der Waals surface area contributed by atoms with Crippen LogP contribution in [0.4, 0.5) is 37.7 Å². The second-order valence-corrected chi connectivity index (χ2v) is 16.6. The number of nitriles is 1. The molecule has 6 rings (SSSR count). The molecule has 0 spiro atoms. The van der Waals surface area contributed by atoms with Crippen molar-refractivity contribution in [3.8, 4) is 6.07 Å². The zero-order valence-corrected chi connectivity index (χ0v) is 32.8. The maximum absolute atomic E-state index is 14.3. The fourth-order valence-electron chi connectivity index (χ4n) is 8.88. The van der Waals surface area contributed by atoms with E-state index in [2.05, 4.69) is 10.6 Å². The summed E-state index contributed by atoms with van der Waals surface area (Å²) in [5, 5.41) is 24.8. The van der Waals surface area contributed by atoms with Gasteiger partial charge < -0.3 is 20.2 Å². The molecule has 57 heavy (non-hydrogen) atoms. The fourth-order valence-corrected chi connectivity index (χ4v) is 9.44. The number of aliphatic hydroxyl groups is 1. The van der Waals surface area contributed by atoms with Crippen molar-refractivity contribution in [3.63, 3.8) is 0 Å². The molecule has 0 radical (unpaired) electrons. The number of piperazine rings is 1. The molecule has 3 N–H and O–H groups in total. The van der Waals surface area contributed by atoms with E-state index in [9.17, 15) is 46.3 Å². The number of carbonyl (C=O) groups excluding carboxylic acids is 2. The van der Waals surface area contributed by atoms with Crippen LogP contribution < -0.4 is 15.5 Å². The summed E-state index contributed by atoms with van der Waals surface area (Å²) in [6.07, 6.45) is -3.81. The summed E-state index contributed by atoms with van der Waals surface area (Å²) < 4.78 is 84.0. The predicted octanol–water partition coefficient (Wildman–Crippen LogP) is 6.60. The summed E-state index contributed by atoms with van der Waals surface area (Å²) in [5.41, 5.74) is -1.26. The van der Waals surface area contributed by atoms with Crippen LogP contribution in [0.15, 0.2) is 42.5 Å². The minimum absolute atomic E-state index is 0.0466. The van der Waals surface area contributed by atoms with Gasteiger partial charge >= 0.3 is 12.4 Å². The fraction of sp³-hybridized carbons (Fsp3) is 0.600. The smallest absolute Gasteiger partial charge is 0.379 e. The van der Waals surface area contributed by atoms with Gasteiger partial charge in [0.05, 0.1) is 29.4 Å². The molecular weight excluding hydrogens is 773 g/mol. The van der Waals surface area contributed by atoms with Crippen molar-refractivity contribution in [1.82, 2.24) is 20.0 Å². The summed E-state index contributed by atoms with van der Waals surface area (Å²) in [7, 11) is 0. The Kier molecular flexibility index (Phi) is 12.9. The van der Waals surface area contributed by atoms with Crippen LogP contribution in [-0.2, 0) is 15.8 Å². The second-order valence-electron chi connectivity index (χ2n) is 16.2. The van der Waals surface area contributed by atoms with E-state index in [1.807, 2.05) is 21.9 Å². The molecule has 3 heterocycles. The maximum atomic E-state index is 14.3. The molecule has 2 aromatic rings. The number of alkyl halides is 6. The van der Waals surface area contributed by atoms with Crippen LogP contribution in [0, 0.1) is 17.2 Å². The molecule has 3 saturated heterocycles. The van der Waals surface area contributed by atoms with Gasteiger partial charge in [-0.3, -0.25) is 24.7 Å². The standard InChI is InChI=1S/C40H49F6N7O3S/c1-38(2)36(56)52(31-15-9-27(21-47)32(20-31)39(41,42)43)37(57)53(38)30-13-5-25(6-14-30)4-3-17-50-18-19-51(33(23-50)40(44,45)46)24-35(55)49-29-11-7-26(8-12-29)28-10-16-34(54)48-22-28/h7-9,11-12,15,20,25,28,30,33-34,48,54H,3-6,10,13-14,16-19,22-24H2,1-2H3,(H,49,55)/t25-,28?,30-,33-,34?/m1/s1. The Morgan fingerprint density at radius 2 is 1.72 bits per heavy atom. The van der Waals surface area contributed by atoms with Gasteiger partial charge in [-0.2, -0.15) is 31.6 Å². The van der Waals surface area contributed by atoms with Crippen molar-refractivity contribution in [2.75, 3.05) is 49.5 Å². The van der Waals surface area contributed by atoms with Crippen molar-refractivity contribution < 1.29 is 41.0 Å². The molecule has 0 bridgehead atoms. The number of halogens is 6. The first-order chi connectivity index (χ1) is 26.9. The van der Waals surface area contributed by atoms with E-state index in [4.69, 9.17) is 12.2 Å². The zero-order chi connectivity index (χ0) is 41.3. The summed E-state index contributed by atoms with van der Waals surface area (Å²) in [6, 6.07) is 10.1. The van der Waals surface area contributed by atoms with Gasteiger partial charge in [0.1, 0.15) is 17.8 Å². The number of anilines is 2. The summed E-state index contributed by atoms with van der Waals surface area (Å²) in [5.74, 6) is -0.405. The quantitative estimate of drug-likeness (QED) is 0.180. The molecule has 2 unspecified atom stereocenters. The number of benzene rings is 2. The molecule has 4 aliphatic rings.